The zero-order valence-corrected chi connectivity index (χ0v) is 14.6. The van der Waals surface area contributed by atoms with E-state index in [1.807, 2.05) is 12.1 Å². The first kappa shape index (κ1) is 14.5. The van der Waals surface area contributed by atoms with Gasteiger partial charge in [0.2, 0.25) is 0 Å². The fourth-order valence-electron chi connectivity index (χ4n) is 1.97. The van der Waals surface area contributed by atoms with Gasteiger partial charge in [-0.2, -0.15) is 0 Å². The van der Waals surface area contributed by atoms with Gasteiger partial charge in [-0.15, -0.1) is 0 Å². The van der Waals surface area contributed by atoms with E-state index in [1.54, 1.807) is 12.3 Å². The molecule has 4 heteroatoms. The third-order valence-corrected chi connectivity index (χ3v) is 2.83. The molecule has 1 fully saturated rings. The zero-order valence-electron chi connectivity index (χ0n) is 9.72. The van der Waals surface area contributed by atoms with Gasteiger partial charge < -0.3 is 10.3 Å². The number of rotatable bonds is 2. The molecule has 0 bridgehead atoms. The van der Waals surface area contributed by atoms with Gasteiger partial charge in [0.15, 0.2) is 0 Å². The van der Waals surface area contributed by atoms with E-state index in [-0.39, 0.29) is 70.0 Å². The van der Waals surface area contributed by atoms with Crippen LogP contribution in [0.5, 0.6) is 0 Å². The molecular formula is C12H15N2ORb. The van der Waals surface area contributed by atoms with Gasteiger partial charge in [-0.1, -0.05) is 49.5 Å². The van der Waals surface area contributed by atoms with Crippen LogP contribution in [0.2, 0.25) is 0 Å². The van der Waals surface area contributed by atoms with Gasteiger partial charge in [0.25, 0.3) is 0 Å². The molecular weight excluding hydrogens is 274 g/mol. The number of carbonyl (C=O) groups is 1. The van der Waals surface area contributed by atoms with E-state index in [0.717, 1.165) is 25.7 Å². The summed E-state index contributed by atoms with van der Waals surface area (Å²) in [5, 5.41) is 4.03. The van der Waals surface area contributed by atoms with E-state index >= 15 is 0 Å². The molecule has 0 aromatic carbocycles. The van der Waals surface area contributed by atoms with Crippen molar-refractivity contribution in [1.29, 1.82) is 0 Å². The Labute approximate surface area is 145 Å². The first-order valence-corrected chi connectivity index (χ1v) is 5.53. The van der Waals surface area contributed by atoms with E-state index in [2.05, 4.69) is 10.3 Å². The van der Waals surface area contributed by atoms with Gasteiger partial charge in [0.1, 0.15) is 5.91 Å². The third kappa shape index (κ3) is 4.36. The molecule has 0 saturated heterocycles. The van der Waals surface area contributed by atoms with E-state index in [0.29, 0.717) is 5.82 Å². The molecule has 0 atom stereocenters. The molecule has 3 nitrogen and oxygen atoms in total. The first-order valence-electron chi connectivity index (χ1n) is 5.53. The van der Waals surface area contributed by atoms with Crippen LogP contribution in [0.25, 0.3) is 5.32 Å². The molecule has 0 aliphatic heterocycles. The van der Waals surface area contributed by atoms with Crippen molar-refractivity contribution >= 4 is 11.7 Å². The van der Waals surface area contributed by atoms with Crippen molar-refractivity contribution in [3.05, 3.63) is 29.7 Å². The van der Waals surface area contributed by atoms with Crippen LogP contribution in [0.15, 0.2) is 24.4 Å². The van der Waals surface area contributed by atoms with Crippen LogP contribution >= 0.6 is 0 Å². The Morgan fingerprint density at radius 2 is 2.00 bits per heavy atom. The van der Waals surface area contributed by atoms with Crippen LogP contribution in [0.1, 0.15) is 32.1 Å². The van der Waals surface area contributed by atoms with Gasteiger partial charge in [0.05, 0.1) is 0 Å². The molecule has 80 valence electrons. The molecule has 1 aromatic rings. The predicted molar refractivity (Wildman–Crippen MR) is 58.8 cm³/mol. The van der Waals surface area contributed by atoms with Crippen molar-refractivity contribution in [3.63, 3.8) is 0 Å². The van der Waals surface area contributed by atoms with Crippen LogP contribution in [-0.4, -0.2) is 10.9 Å². The minimum Gasteiger partial charge on any atom is -0.443 e. The van der Waals surface area contributed by atoms with E-state index < -0.39 is 0 Å². The normalized spacial score (nSPS) is 16.2. The molecule has 1 aliphatic carbocycles. The molecule has 16 heavy (non-hydrogen) atoms. The molecule has 0 N–H and O–H groups in total. The minimum atomic E-state index is 0. The summed E-state index contributed by atoms with van der Waals surface area (Å²) in [5.74, 6) is 0.683. The second kappa shape index (κ2) is 7.69. The van der Waals surface area contributed by atoms with Gasteiger partial charge in [-0.3, -0.25) is 4.79 Å². The maximum Gasteiger partial charge on any atom is 1.00 e. The summed E-state index contributed by atoms with van der Waals surface area (Å²) >= 11 is 0. The van der Waals surface area contributed by atoms with Crippen molar-refractivity contribution in [2.75, 3.05) is 0 Å². The Morgan fingerprint density at radius 3 is 2.62 bits per heavy atom. The van der Waals surface area contributed by atoms with E-state index in [1.165, 1.54) is 6.42 Å². The fraction of sp³-hybridized carbons (Fsp3) is 0.500. The molecule has 0 radical (unpaired) electrons. The summed E-state index contributed by atoms with van der Waals surface area (Å²) in [4.78, 5) is 15.8. The Bertz CT molecular complexity index is 323. The second-order valence-electron chi connectivity index (χ2n) is 3.97. The van der Waals surface area contributed by atoms with E-state index in [9.17, 15) is 4.79 Å². The molecule has 0 spiro atoms. The summed E-state index contributed by atoms with van der Waals surface area (Å²) in [6.07, 6.45) is 7.23. The maximum absolute atomic E-state index is 11.8. The summed E-state index contributed by atoms with van der Waals surface area (Å²) in [5.41, 5.74) is 0. The Morgan fingerprint density at radius 1 is 1.25 bits per heavy atom. The standard InChI is InChI=1S/C12H16N2O.Rb/c15-12(10-6-2-1-3-7-10)14-11-8-4-5-9-13-11;/h4-5,8-10H,1-3,6-7H2,(H,13,14,15);/q;+1/p-1. The molecule has 1 saturated carbocycles. The third-order valence-electron chi connectivity index (χ3n) is 2.83. The molecule has 1 heterocycles. The summed E-state index contributed by atoms with van der Waals surface area (Å²) < 4.78 is 0. The average molecular weight is 289 g/mol. The summed E-state index contributed by atoms with van der Waals surface area (Å²) in [7, 11) is 0. The zero-order chi connectivity index (χ0) is 10.5. The Hall–Kier alpha value is 0.425. The van der Waals surface area contributed by atoms with Crippen LogP contribution in [0.3, 0.4) is 0 Å². The molecule has 2 rings (SSSR count). The first-order chi connectivity index (χ1) is 7.36. The van der Waals surface area contributed by atoms with Gasteiger partial charge in [0, 0.05) is 5.92 Å². The second-order valence-corrected chi connectivity index (χ2v) is 3.97. The van der Waals surface area contributed by atoms with E-state index in [4.69, 9.17) is 0 Å². The monoisotopic (exact) mass is 288 g/mol. The number of aromatic nitrogens is 1. The number of carbonyl (C=O) groups excluding carboxylic acids is 1. The van der Waals surface area contributed by atoms with Crippen molar-refractivity contribution < 1.29 is 63.0 Å². The van der Waals surface area contributed by atoms with Crippen LogP contribution in [0.4, 0.5) is 5.82 Å². The summed E-state index contributed by atoms with van der Waals surface area (Å²) in [6.45, 7) is 0. The number of hydrogen-bond acceptors (Lipinski definition) is 2. The maximum atomic E-state index is 11.8. The van der Waals surface area contributed by atoms with Crippen molar-refractivity contribution in [3.8, 4) is 0 Å². The smallest absolute Gasteiger partial charge is 0.443 e. The van der Waals surface area contributed by atoms with Crippen molar-refractivity contribution in [2.45, 2.75) is 32.1 Å². The van der Waals surface area contributed by atoms with Crippen LogP contribution in [-0.2, 0) is 4.79 Å². The minimum absolute atomic E-state index is 0. The van der Waals surface area contributed by atoms with Gasteiger partial charge >= 0.3 is 58.2 Å². The van der Waals surface area contributed by atoms with Crippen LogP contribution < -0.4 is 58.2 Å². The fourth-order valence-corrected chi connectivity index (χ4v) is 1.97. The van der Waals surface area contributed by atoms with Gasteiger partial charge in [-0.25, -0.2) is 0 Å². The number of pyridine rings is 1. The topological polar surface area (TPSA) is 44.1 Å². The SMILES string of the molecule is O=C([N-]c1ccccn1)C1CCCCC1.[Rb+]. The number of amides is 1. The van der Waals surface area contributed by atoms with Crippen molar-refractivity contribution in [2.24, 2.45) is 5.92 Å². The Kier molecular flexibility index (Phi) is 6.97. The van der Waals surface area contributed by atoms with Gasteiger partial charge in [-0.05, 0) is 12.8 Å². The molecule has 1 aliphatic rings. The number of hydrogen-bond donors (Lipinski definition) is 0. The van der Waals surface area contributed by atoms with Crippen molar-refractivity contribution in [1.82, 2.24) is 4.98 Å². The number of nitrogens with zero attached hydrogens (tertiary/aromatic N) is 2. The van der Waals surface area contributed by atoms with Crippen LogP contribution in [0, 0.1) is 5.92 Å². The molecule has 1 aromatic heterocycles. The Balaban J connectivity index is 0.00000128. The average Bonchev–Trinajstić information content (AvgIpc) is 2.31. The summed E-state index contributed by atoms with van der Waals surface area (Å²) in [6, 6.07) is 5.44. The molecule has 1 amide bonds. The largest absolute Gasteiger partial charge is 1.00 e. The molecule has 0 unspecified atom stereocenters. The predicted octanol–water partition coefficient (Wildman–Crippen LogP) is 0.198. The quantitative estimate of drug-likeness (QED) is 0.780.